The zero-order chi connectivity index (χ0) is 45.2. The number of hydrogen-bond acceptors (Lipinski definition) is 4. The number of furan rings is 1. The molecule has 0 fully saturated rings. The van der Waals surface area contributed by atoms with E-state index < -0.39 is 0 Å². The van der Waals surface area contributed by atoms with Gasteiger partial charge in [-0.15, -0.1) is 0 Å². The summed E-state index contributed by atoms with van der Waals surface area (Å²) in [6, 6.07) is 79.8. The normalized spacial score (nSPS) is 12.1. The van der Waals surface area contributed by atoms with E-state index in [1.165, 1.54) is 32.3 Å². The maximum absolute atomic E-state index is 7.05. The fourth-order valence-corrected chi connectivity index (χ4v) is 10.9. The van der Waals surface area contributed by atoms with Crippen molar-refractivity contribution in [2.24, 2.45) is 0 Å². The van der Waals surface area contributed by atoms with Crippen molar-refractivity contribution in [3.63, 3.8) is 0 Å². The van der Waals surface area contributed by atoms with Crippen molar-refractivity contribution >= 4 is 97.9 Å². The van der Waals surface area contributed by atoms with Gasteiger partial charge in [0.25, 0.3) is 0 Å². The number of rotatable bonds is 5. The van der Waals surface area contributed by atoms with E-state index in [1.54, 1.807) is 0 Å². The predicted molar refractivity (Wildman–Crippen MR) is 285 cm³/mol. The van der Waals surface area contributed by atoms with Crippen LogP contribution in [0.25, 0.3) is 143 Å². The lowest BCUT2D eigenvalue weighted by Gasteiger charge is -2.13. The minimum Gasteiger partial charge on any atom is -0.454 e. The Balaban J connectivity index is 1.00. The summed E-state index contributed by atoms with van der Waals surface area (Å²) in [6.07, 6.45) is 0. The van der Waals surface area contributed by atoms with Gasteiger partial charge in [-0.25, -0.2) is 15.0 Å². The average molecular weight is 880 g/mol. The smallest absolute Gasteiger partial charge is 0.164 e. The Kier molecular flexibility index (Phi) is 7.97. The molecular weight excluding hydrogens is 843 g/mol. The Morgan fingerprint density at radius 2 is 0.841 bits per heavy atom. The topological polar surface area (TPSA) is 61.7 Å². The summed E-state index contributed by atoms with van der Waals surface area (Å²) in [5.41, 5.74) is 10.8. The molecule has 0 saturated heterocycles. The maximum atomic E-state index is 7.05. The van der Waals surface area contributed by atoms with Gasteiger partial charge in [0.1, 0.15) is 5.58 Å². The van der Waals surface area contributed by atoms with Gasteiger partial charge in [-0.2, -0.15) is 0 Å². The second kappa shape index (κ2) is 14.6. The van der Waals surface area contributed by atoms with Crippen molar-refractivity contribution in [3.05, 3.63) is 224 Å². The van der Waals surface area contributed by atoms with E-state index in [9.17, 15) is 0 Å². The molecular formula is C63H37N5O. The van der Waals surface area contributed by atoms with Crippen molar-refractivity contribution in [1.82, 2.24) is 24.1 Å². The molecule has 4 aromatic heterocycles. The van der Waals surface area contributed by atoms with Gasteiger partial charge in [0.15, 0.2) is 23.1 Å². The summed E-state index contributed by atoms with van der Waals surface area (Å²) in [5, 5.41) is 13.6. The van der Waals surface area contributed by atoms with Gasteiger partial charge < -0.3 is 13.6 Å². The Morgan fingerprint density at radius 1 is 0.319 bits per heavy atom. The molecule has 0 aliphatic heterocycles. The van der Waals surface area contributed by atoms with Gasteiger partial charge in [0, 0.05) is 54.7 Å². The fourth-order valence-electron chi connectivity index (χ4n) is 10.9. The van der Waals surface area contributed by atoms with Crippen LogP contribution < -0.4 is 0 Å². The van der Waals surface area contributed by atoms with Gasteiger partial charge in [-0.3, -0.25) is 0 Å². The Bertz CT molecular complexity index is 4520. The van der Waals surface area contributed by atoms with E-state index in [2.05, 4.69) is 228 Å². The van der Waals surface area contributed by atoms with Crippen molar-refractivity contribution in [2.45, 2.75) is 0 Å². The second-order valence-corrected chi connectivity index (χ2v) is 18.0. The van der Waals surface area contributed by atoms with E-state index >= 15 is 0 Å². The Hall–Kier alpha value is -9.39. The molecule has 0 N–H and O–H groups in total. The molecule has 0 amide bonds. The summed E-state index contributed by atoms with van der Waals surface area (Å²) in [6.45, 7) is 0. The number of aromatic nitrogens is 5. The first kappa shape index (κ1) is 37.8. The molecule has 69 heavy (non-hydrogen) atoms. The van der Waals surface area contributed by atoms with Crippen LogP contribution in [0.15, 0.2) is 229 Å². The van der Waals surface area contributed by atoms with E-state index in [4.69, 9.17) is 19.4 Å². The van der Waals surface area contributed by atoms with E-state index in [-0.39, 0.29) is 0 Å². The molecule has 6 nitrogen and oxygen atoms in total. The second-order valence-electron chi connectivity index (χ2n) is 18.0. The monoisotopic (exact) mass is 879 g/mol. The van der Waals surface area contributed by atoms with E-state index in [0.29, 0.717) is 17.5 Å². The lowest BCUT2D eigenvalue weighted by atomic mass is 10.0. The zero-order valence-electron chi connectivity index (χ0n) is 37.0. The molecule has 0 atom stereocenters. The van der Waals surface area contributed by atoms with E-state index in [1.807, 2.05) is 6.07 Å². The predicted octanol–water partition coefficient (Wildman–Crippen LogP) is 16.4. The third kappa shape index (κ3) is 5.76. The molecule has 6 heteroatoms. The quantitative estimate of drug-likeness (QED) is 0.173. The summed E-state index contributed by atoms with van der Waals surface area (Å²) in [4.78, 5) is 16.1. The standard InChI is InChI=1S/C63H37N5O/c1-2-20-46(21-3-1)67-53-24-12-10-22-47(53)50-35-45(28-30-54(50)67)62-64-61(44-27-26-38-14-4-5-15-39(38)32-44)65-63(66-62)49-29-31-55(60-59(49)48-23-11-13-25-58(48)69-60)68-56-36-42-18-8-6-16-40(42)33-51(56)52-34-41-17-7-9-19-43(41)37-57(52)68/h1-37H. The molecule has 4 heterocycles. The SMILES string of the molecule is c1ccc(-n2c3ccccc3c3cc(-c4nc(-c5ccc6ccccc6c5)nc(-c5ccc(-n6c7cc8ccccc8cc7c7cc8ccccc8cc76)c6oc7ccccc7c56)n4)ccc32)cc1. The number of fused-ring (bicyclic) bond motifs is 12. The van der Waals surface area contributed by atoms with Crippen molar-refractivity contribution in [2.75, 3.05) is 0 Å². The van der Waals surface area contributed by atoms with Crippen LogP contribution in [-0.2, 0) is 0 Å². The summed E-state index contributed by atoms with van der Waals surface area (Å²) in [5.74, 6) is 1.75. The summed E-state index contributed by atoms with van der Waals surface area (Å²) < 4.78 is 11.8. The molecule has 0 aliphatic rings. The lowest BCUT2D eigenvalue weighted by Crippen LogP contribution is -2.01. The third-order valence-corrected chi connectivity index (χ3v) is 14.1. The molecule has 0 aliphatic carbocycles. The highest BCUT2D eigenvalue weighted by Gasteiger charge is 2.24. The van der Waals surface area contributed by atoms with Crippen LogP contribution in [0.4, 0.5) is 0 Å². The van der Waals surface area contributed by atoms with Crippen LogP contribution in [0.2, 0.25) is 0 Å². The van der Waals surface area contributed by atoms with Gasteiger partial charge in [0.2, 0.25) is 0 Å². The first-order valence-electron chi connectivity index (χ1n) is 23.3. The Morgan fingerprint density at radius 3 is 1.55 bits per heavy atom. The number of nitrogens with zero attached hydrogens (tertiary/aromatic N) is 5. The molecule has 0 unspecified atom stereocenters. The molecule has 0 spiro atoms. The van der Waals surface area contributed by atoms with Gasteiger partial charge >= 0.3 is 0 Å². The largest absolute Gasteiger partial charge is 0.454 e. The molecule has 15 rings (SSSR count). The molecule has 320 valence electrons. The number of hydrogen-bond donors (Lipinski definition) is 0. The summed E-state index contributed by atoms with van der Waals surface area (Å²) in [7, 11) is 0. The number of para-hydroxylation sites is 3. The van der Waals surface area contributed by atoms with Crippen LogP contribution in [0, 0.1) is 0 Å². The first-order valence-corrected chi connectivity index (χ1v) is 23.3. The minimum atomic E-state index is 0.567. The van der Waals surface area contributed by atoms with Gasteiger partial charge in [-0.05, 0) is 117 Å². The highest BCUT2D eigenvalue weighted by atomic mass is 16.3. The number of benzene rings is 11. The summed E-state index contributed by atoms with van der Waals surface area (Å²) >= 11 is 0. The highest BCUT2D eigenvalue weighted by molar-refractivity contribution is 6.19. The van der Waals surface area contributed by atoms with Crippen molar-refractivity contribution in [3.8, 4) is 45.5 Å². The van der Waals surface area contributed by atoms with Crippen LogP contribution in [0.5, 0.6) is 0 Å². The zero-order valence-corrected chi connectivity index (χ0v) is 37.0. The van der Waals surface area contributed by atoms with Crippen LogP contribution in [0.3, 0.4) is 0 Å². The van der Waals surface area contributed by atoms with Crippen LogP contribution in [0.1, 0.15) is 0 Å². The van der Waals surface area contributed by atoms with Crippen LogP contribution in [-0.4, -0.2) is 24.1 Å². The highest BCUT2D eigenvalue weighted by Crippen LogP contribution is 2.44. The third-order valence-electron chi connectivity index (χ3n) is 14.1. The molecule has 0 bridgehead atoms. The van der Waals surface area contributed by atoms with Gasteiger partial charge in [0.05, 0.1) is 27.8 Å². The average Bonchev–Trinajstić information content (AvgIpc) is 4.07. The molecule has 0 radical (unpaired) electrons. The Labute approximate surface area is 394 Å². The van der Waals surface area contributed by atoms with E-state index in [0.717, 1.165) is 93.6 Å². The lowest BCUT2D eigenvalue weighted by molar-refractivity contribution is 0.666. The minimum absolute atomic E-state index is 0.567. The van der Waals surface area contributed by atoms with Crippen molar-refractivity contribution in [1.29, 1.82) is 0 Å². The first-order chi connectivity index (χ1) is 34.2. The van der Waals surface area contributed by atoms with Gasteiger partial charge in [-0.1, -0.05) is 140 Å². The van der Waals surface area contributed by atoms with Crippen molar-refractivity contribution < 1.29 is 4.42 Å². The van der Waals surface area contributed by atoms with Crippen LogP contribution >= 0.6 is 0 Å². The maximum Gasteiger partial charge on any atom is 0.164 e. The molecule has 0 saturated carbocycles. The molecule has 15 aromatic rings. The molecule has 11 aromatic carbocycles. The fraction of sp³-hybridized carbons (Fsp3) is 0.